The Morgan fingerprint density at radius 1 is 1.06 bits per heavy atom. The molecule has 1 saturated heterocycles. The molecule has 2 amide bonds. The van der Waals surface area contributed by atoms with Gasteiger partial charge in [-0.3, -0.25) is 14.5 Å². The first-order valence-electron chi connectivity index (χ1n) is 11.0. The molecule has 2 aromatic carbocycles. The van der Waals surface area contributed by atoms with Crippen molar-refractivity contribution in [3.05, 3.63) is 60.2 Å². The second-order valence-electron chi connectivity index (χ2n) is 7.98. The first-order valence-corrected chi connectivity index (χ1v) is 11.0. The average Bonchev–Trinajstić information content (AvgIpc) is 2.79. The molecular weight excluding hydrogens is 435 g/mol. The first-order chi connectivity index (χ1) is 15.7. The number of benzene rings is 2. The lowest BCUT2D eigenvalue weighted by atomic mass is 10.0. The van der Waals surface area contributed by atoms with Crippen molar-refractivity contribution < 1.29 is 27.5 Å². The highest BCUT2D eigenvalue weighted by molar-refractivity contribution is 5.94. The van der Waals surface area contributed by atoms with E-state index < -0.39 is 6.36 Å². The van der Waals surface area contributed by atoms with Gasteiger partial charge in [0.2, 0.25) is 5.91 Å². The molecule has 0 saturated carbocycles. The van der Waals surface area contributed by atoms with Crippen LogP contribution in [0.3, 0.4) is 0 Å². The molecule has 0 aliphatic carbocycles. The summed E-state index contributed by atoms with van der Waals surface area (Å²) in [5.74, 6) is -0.563. The Balaban J connectivity index is 1.52. The van der Waals surface area contributed by atoms with E-state index in [0.717, 1.165) is 37.9 Å². The molecule has 6 nitrogen and oxygen atoms in total. The molecule has 0 spiro atoms. The number of amides is 2. The highest BCUT2D eigenvalue weighted by Crippen LogP contribution is 2.24. The summed E-state index contributed by atoms with van der Waals surface area (Å²) in [4.78, 5) is 29.2. The Morgan fingerprint density at radius 3 is 2.27 bits per heavy atom. The van der Waals surface area contributed by atoms with Gasteiger partial charge in [0, 0.05) is 30.4 Å². The van der Waals surface area contributed by atoms with Gasteiger partial charge in [0.15, 0.2) is 0 Å². The summed E-state index contributed by atoms with van der Waals surface area (Å²) in [6.45, 7) is 4.20. The van der Waals surface area contributed by atoms with E-state index in [4.69, 9.17) is 0 Å². The SMILES string of the molecule is CCCN(CC(=O)Nc1ccc(OC(F)(F)F)cc1)C1CCN(C(=O)c2ccccc2)CC1. The van der Waals surface area contributed by atoms with Crippen LogP contribution in [-0.2, 0) is 4.79 Å². The van der Waals surface area contributed by atoms with E-state index in [9.17, 15) is 22.8 Å². The summed E-state index contributed by atoms with van der Waals surface area (Å²) in [6, 6.07) is 14.4. The molecule has 178 valence electrons. The van der Waals surface area contributed by atoms with Crippen molar-refractivity contribution in [1.82, 2.24) is 9.80 Å². The third-order valence-corrected chi connectivity index (χ3v) is 5.52. The van der Waals surface area contributed by atoms with Crippen LogP contribution in [0.1, 0.15) is 36.5 Å². The van der Waals surface area contributed by atoms with Crippen LogP contribution in [0.4, 0.5) is 18.9 Å². The van der Waals surface area contributed by atoms with Crippen LogP contribution in [0.2, 0.25) is 0 Å². The standard InChI is InChI=1S/C24H28F3N3O3/c1-2-14-30(17-22(31)28-19-8-10-21(11-9-19)33-24(25,26)27)20-12-15-29(16-13-20)23(32)18-6-4-3-5-7-18/h3-11,20H,2,12-17H2,1H3,(H,28,31). The topological polar surface area (TPSA) is 61.9 Å². The summed E-state index contributed by atoms with van der Waals surface area (Å²) in [7, 11) is 0. The van der Waals surface area contributed by atoms with Crippen molar-refractivity contribution in [2.75, 3.05) is 31.5 Å². The van der Waals surface area contributed by atoms with Crippen molar-refractivity contribution in [3.63, 3.8) is 0 Å². The lowest BCUT2D eigenvalue weighted by Gasteiger charge is -2.38. The predicted molar refractivity (Wildman–Crippen MR) is 119 cm³/mol. The van der Waals surface area contributed by atoms with Crippen LogP contribution < -0.4 is 10.1 Å². The Bertz CT molecular complexity index is 912. The van der Waals surface area contributed by atoms with E-state index in [1.165, 1.54) is 12.1 Å². The molecule has 0 radical (unpaired) electrons. The molecule has 9 heteroatoms. The zero-order valence-corrected chi connectivity index (χ0v) is 18.5. The molecule has 0 aromatic heterocycles. The molecular formula is C24H28F3N3O3. The molecule has 2 aromatic rings. The molecule has 0 unspecified atom stereocenters. The van der Waals surface area contributed by atoms with Crippen LogP contribution in [0, 0.1) is 0 Å². The molecule has 33 heavy (non-hydrogen) atoms. The number of carbonyl (C=O) groups is 2. The van der Waals surface area contributed by atoms with Crippen molar-refractivity contribution in [2.24, 2.45) is 0 Å². The number of likely N-dealkylation sites (tertiary alicyclic amines) is 1. The van der Waals surface area contributed by atoms with Gasteiger partial charge in [-0.1, -0.05) is 25.1 Å². The summed E-state index contributed by atoms with van der Waals surface area (Å²) in [6.07, 6.45) is -2.34. The van der Waals surface area contributed by atoms with Gasteiger partial charge < -0.3 is 15.0 Å². The van der Waals surface area contributed by atoms with Crippen LogP contribution >= 0.6 is 0 Å². The number of carbonyl (C=O) groups excluding carboxylic acids is 2. The maximum atomic E-state index is 12.7. The molecule has 1 fully saturated rings. The summed E-state index contributed by atoms with van der Waals surface area (Å²) >= 11 is 0. The summed E-state index contributed by atoms with van der Waals surface area (Å²) in [5.41, 5.74) is 1.07. The highest BCUT2D eigenvalue weighted by atomic mass is 19.4. The van der Waals surface area contributed by atoms with Gasteiger partial charge in [-0.05, 0) is 62.2 Å². The van der Waals surface area contributed by atoms with Crippen LogP contribution in [0.5, 0.6) is 5.75 Å². The molecule has 3 rings (SSSR count). The molecule has 1 aliphatic heterocycles. The van der Waals surface area contributed by atoms with Crippen LogP contribution in [-0.4, -0.2) is 60.2 Å². The molecule has 0 bridgehead atoms. The van der Waals surface area contributed by atoms with E-state index in [1.807, 2.05) is 42.2 Å². The van der Waals surface area contributed by atoms with Gasteiger partial charge in [-0.15, -0.1) is 13.2 Å². The maximum absolute atomic E-state index is 12.7. The van der Waals surface area contributed by atoms with Crippen molar-refractivity contribution in [1.29, 1.82) is 0 Å². The minimum Gasteiger partial charge on any atom is -0.406 e. The Labute approximate surface area is 191 Å². The smallest absolute Gasteiger partial charge is 0.406 e. The number of nitrogens with one attached hydrogen (secondary N) is 1. The minimum absolute atomic E-state index is 0.0202. The zero-order valence-electron chi connectivity index (χ0n) is 18.5. The molecule has 1 heterocycles. The maximum Gasteiger partial charge on any atom is 0.573 e. The van der Waals surface area contributed by atoms with E-state index in [0.29, 0.717) is 24.3 Å². The van der Waals surface area contributed by atoms with Gasteiger partial charge in [-0.2, -0.15) is 0 Å². The summed E-state index contributed by atoms with van der Waals surface area (Å²) in [5, 5.41) is 2.73. The number of halogens is 3. The average molecular weight is 464 g/mol. The van der Waals surface area contributed by atoms with Crippen LogP contribution in [0.15, 0.2) is 54.6 Å². The van der Waals surface area contributed by atoms with Gasteiger partial charge in [0.1, 0.15) is 5.75 Å². The highest BCUT2D eigenvalue weighted by Gasteiger charge is 2.31. The monoisotopic (exact) mass is 463 g/mol. The quantitative estimate of drug-likeness (QED) is 0.625. The third-order valence-electron chi connectivity index (χ3n) is 5.52. The van der Waals surface area contributed by atoms with E-state index in [2.05, 4.69) is 15.0 Å². The first kappa shape index (κ1) is 24.6. The summed E-state index contributed by atoms with van der Waals surface area (Å²) < 4.78 is 40.7. The fourth-order valence-electron chi connectivity index (χ4n) is 4.00. The second-order valence-corrected chi connectivity index (χ2v) is 7.98. The second kappa shape index (κ2) is 11.2. The number of alkyl halides is 3. The number of hydrogen-bond acceptors (Lipinski definition) is 4. The third kappa shape index (κ3) is 7.49. The number of nitrogens with zero attached hydrogens (tertiary/aromatic N) is 2. The van der Waals surface area contributed by atoms with Crippen molar-refractivity contribution in [3.8, 4) is 5.75 Å². The Morgan fingerprint density at radius 2 is 1.70 bits per heavy atom. The fourth-order valence-corrected chi connectivity index (χ4v) is 4.00. The number of hydrogen-bond donors (Lipinski definition) is 1. The van der Waals surface area contributed by atoms with Gasteiger partial charge in [0.25, 0.3) is 5.91 Å². The van der Waals surface area contributed by atoms with E-state index in [-0.39, 0.29) is 30.2 Å². The normalized spacial score (nSPS) is 14.9. The molecule has 1 aliphatic rings. The lowest BCUT2D eigenvalue weighted by Crippen LogP contribution is -2.49. The Hall–Kier alpha value is -3.07. The fraction of sp³-hybridized carbons (Fsp3) is 0.417. The number of rotatable bonds is 8. The zero-order chi connectivity index (χ0) is 23.8. The van der Waals surface area contributed by atoms with E-state index >= 15 is 0 Å². The Kier molecular flexibility index (Phi) is 8.32. The van der Waals surface area contributed by atoms with Crippen molar-refractivity contribution in [2.45, 2.75) is 38.6 Å². The lowest BCUT2D eigenvalue weighted by molar-refractivity contribution is -0.274. The minimum atomic E-state index is -4.76. The number of piperidine rings is 1. The predicted octanol–water partition coefficient (Wildman–Crippen LogP) is 4.54. The van der Waals surface area contributed by atoms with Crippen LogP contribution in [0.25, 0.3) is 0 Å². The number of ether oxygens (including phenoxy) is 1. The van der Waals surface area contributed by atoms with Gasteiger partial charge >= 0.3 is 6.36 Å². The van der Waals surface area contributed by atoms with Gasteiger partial charge in [0.05, 0.1) is 6.54 Å². The van der Waals surface area contributed by atoms with Gasteiger partial charge in [-0.25, -0.2) is 0 Å². The number of anilines is 1. The van der Waals surface area contributed by atoms with E-state index in [1.54, 1.807) is 0 Å². The van der Waals surface area contributed by atoms with Crippen molar-refractivity contribution >= 4 is 17.5 Å². The largest absolute Gasteiger partial charge is 0.573 e. The molecule has 0 atom stereocenters. The molecule has 1 N–H and O–H groups in total.